The fourth-order valence-electron chi connectivity index (χ4n) is 3.37. The van der Waals surface area contributed by atoms with E-state index < -0.39 is 12.7 Å². The lowest BCUT2D eigenvalue weighted by molar-refractivity contribution is -0.0498. The minimum absolute atomic E-state index is 0.0627. The van der Waals surface area contributed by atoms with Crippen molar-refractivity contribution in [2.45, 2.75) is 32.5 Å². The Bertz CT molecular complexity index is 623. The highest BCUT2D eigenvalue weighted by atomic mass is 19.3. The number of halogens is 2. The molecule has 0 bridgehead atoms. The van der Waals surface area contributed by atoms with E-state index in [9.17, 15) is 13.9 Å². The highest BCUT2D eigenvalue weighted by Crippen LogP contribution is 2.20. The van der Waals surface area contributed by atoms with Crippen molar-refractivity contribution >= 4 is 5.96 Å². The lowest BCUT2D eigenvalue weighted by Crippen LogP contribution is -2.43. The van der Waals surface area contributed by atoms with Crippen LogP contribution in [0.1, 0.15) is 31.4 Å². The summed E-state index contributed by atoms with van der Waals surface area (Å²) in [5.74, 6) is 1.31. The molecule has 170 valence electrons. The molecule has 0 aromatic heterocycles. The molecule has 1 aromatic carbocycles. The van der Waals surface area contributed by atoms with Gasteiger partial charge in [0.25, 0.3) is 0 Å². The molecular weight excluding hydrogens is 394 g/mol. The Balaban J connectivity index is 1.79. The molecule has 0 aliphatic carbocycles. The molecule has 0 radical (unpaired) electrons. The Labute approximate surface area is 177 Å². The number of alkyl halides is 2. The van der Waals surface area contributed by atoms with Crippen molar-refractivity contribution in [1.29, 1.82) is 0 Å². The molecule has 1 unspecified atom stereocenters. The van der Waals surface area contributed by atoms with Gasteiger partial charge >= 0.3 is 6.61 Å². The number of guanidine groups is 1. The van der Waals surface area contributed by atoms with Crippen molar-refractivity contribution in [2.24, 2.45) is 10.9 Å². The SMILES string of the molecule is CCNC(=NCC(O)c1ccc(OC(F)F)cc1)NCC1CCN(CCOC)CC1. The number of likely N-dealkylation sites (tertiary alicyclic amines) is 1. The van der Waals surface area contributed by atoms with Crippen molar-refractivity contribution in [3.05, 3.63) is 29.8 Å². The summed E-state index contributed by atoms with van der Waals surface area (Å²) in [6.07, 6.45) is 1.43. The molecule has 1 heterocycles. The van der Waals surface area contributed by atoms with Gasteiger partial charge in [-0.3, -0.25) is 4.99 Å². The summed E-state index contributed by atoms with van der Waals surface area (Å²) in [6.45, 7) is 4.75. The van der Waals surface area contributed by atoms with Gasteiger partial charge in [0.2, 0.25) is 0 Å². The maximum absolute atomic E-state index is 12.2. The molecule has 1 fully saturated rings. The van der Waals surface area contributed by atoms with Crippen LogP contribution in [0.15, 0.2) is 29.3 Å². The second kappa shape index (κ2) is 13.4. The van der Waals surface area contributed by atoms with Crippen LogP contribution in [0.3, 0.4) is 0 Å². The van der Waals surface area contributed by atoms with Crippen molar-refractivity contribution < 1.29 is 23.4 Å². The molecule has 1 saturated heterocycles. The summed E-state index contributed by atoms with van der Waals surface area (Å²) in [7, 11) is 1.73. The summed E-state index contributed by atoms with van der Waals surface area (Å²) in [6, 6.07) is 5.96. The maximum Gasteiger partial charge on any atom is 0.387 e. The smallest absolute Gasteiger partial charge is 0.387 e. The Kier molecular flexibility index (Phi) is 10.8. The van der Waals surface area contributed by atoms with E-state index in [0.29, 0.717) is 17.4 Å². The molecule has 1 aliphatic rings. The predicted octanol–water partition coefficient (Wildman–Crippen LogP) is 2.23. The fourth-order valence-corrected chi connectivity index (χ4v) is 3.37. The standard InChI is InChI=1S/C21H34F2N4O3/c1-3-24-21(25-14-16-8-10-27(11-9-16)12-13-29-2)26-15-19(28)17-4-6-18(7-5-17)30-20(22)23/h4-7,16,19-20,28H,3,8-15H2,1-2H3,(H2,24,25,26). The number of benzene rings is 1. The van der Waals surface area contributed by atoms with Crippen LogP contribution in [-0.2, 0) is 4.74 Å². The topological polar surface area (TPSA) is 78.4 Å². The number of methoxy groups -OCH3 is 1. The first-order valence-electron chi connectivity index (χ1n) is 10.5. The van der Waals surface area contributed by atoms with Gasteiger partial charge in [-0.1, -0.05) is 12.1 Å². The van der Waals surface area contributed by atoms with Gasteiger partial charge in [0.15, 0.2) is 5.96 Å². The Hall–Kier alpha value is -1.97. The molecule has 3 N–H and O–H groups in total. The summed E-state index contributed by atoms with van der Waals surface area (Å²) < 4.78 is 33.9. The summed E-state index contributed by atoms with van der Waals surface area (Å²) in [5.41, 5.74) is 0.597. The zero-order valence-corrected chi connectivity index (χ0v) is 17.8. The molecule has 1 aromatic rings. The molecule has 2 rings (SSSR count). The van der Waals surface area contributed by atoms with Gasteiger partial charge in [0.05, 0.1) is 19.3 Å². The van der Waals surface area contributed by atoms with Crippen molar-refractivity contribution in [1.82, 2.24) is 15.5 Å². The number of aliphatic hydroxyl groups excluding tert-OH is 1. The first kappa shape index (κ1) is 24.3. The van der Waals surface area contributed by atoms with E-state index in [0.717, 1.165) is 52.2 Å². The number of nitrogens with zero attached hydrogens (tertiary/aromatic N) is 2. The van der Waals surface area contributed by atoms with Crippen molar-refractivity contribution in [3.63, 3.8) is 0 Å². The largest absolute Gasteiger partial charge is 0.435 e. The zero-order chi connectivity index (χ0) is 21.8. The number of piperidine rings is 1. The zero-order valence-electron chi connectivity index (χ0n) is 17.8. The van der Waals surface area contributed by atoms with E-state index in [1.165, 1.54) is 12.1 Å². The molecule has 0 saturated carbocycles. The predicted molar refractivity (Wildman–Crippen MR) is 113 cm³/mol. The van der Waals surface area contributed by atoms with E-state index in [1.807, 2.05) is 6.92 Å². The minimum Gasteiger partial charge on any atom is -0.435 e. The molecule has 9 heteroatoms. The average Bonchev–Trinajstić information content (AvgIpc) is 2.75. The van der Waals surface area contributed by atoms with Gasteiger partial charge in [-0.05, 0) is 56.5 Å². The van der Waals surface area contributed by atoms with Gasteiger partial charge < -0.3 is 30.1 Å². The third-order valence-corrected chi connectivity index (χ3v) is 5.13. The van der Waals surface area contributed by atoms with Crippen LogP contribution in [0.5, 0.6) is 5.75 Å². The van der Waals surface area contributed by atoms with Gasteiger partial charge in [0.1, 0.15) is 5.75 Å². The summed E-state index contributed by atoms with van der Waals surface area (Å²) >= 11 is 0. The summed E-state index contributed by atoms with van der Waals surface area (Å²) in [4.78, 5) is 6.89. The van der Waals surface area contributed by atoms with Crippen LogP contribution in [0.4, 0.5) is 8.78 Å². The lowest BCUT2D eigenvalue weighted by Gasteiger charge is -2.32. The third-order valence-electron chi connectivity index (χ3n) is 5.13. The van der Waals surface area contributed by atoms with E-state index in [1.54, 1.807) is 19.2 Å². The van der Waals surface area contributed by atoms with Gasteiger partial charge in [0, 0.05) is 26.7 Å². The quantitative estimate of drug-likeness (QED) is 0.371. The van der Waals surface area contributed by atoms with E-state index in [4.69, 9.17) is 4.74 Å². The molecule has 30 heavy (non-hydrogen) atoms. The molecule has 1 aliphatic heterocycles. The van der Waals surface area contributed by atoms with Crippen molar-refractivity contribution in [2.75, 3.05) is 53.0 Å². The normalized spacial score (nSPS) is 17.2. The van der Waals surface area contributed by atoms with Crippen molar-refractivity contribution in [3.8, 4) is 5.75 Å². The van der Waals surface area contributed by atoms with E-state index in [-0.39, 0.29) is 12.3 Å². The second-order valence-electron chi connectivity index (χ2n) is 7.34. The first-order valence-corrected chi connectivity index (χ1v) is 10.5. The third kappa shape index (κ3) is 8.81. The number of hydrogen-bond acceptors (Lipinski definition) is 5. The highest BCUT2D eigenvalue weighted by Gasteiger charge is 2.19. The van der Waals surface area contributed by atoms with Gasteiger partial charge in [-0.2, -0.15) is 8.78 Å². The molecule has 0 amide bonds. The minimum atomic E-state index is -2.86. The van der Waals surface area contributed by atoms with Crippen LogP contribution >= 0.6 is 0 Å². The number of aliphatic hydroxyl groups is 1. The molecular formula is C21H34F2N4O3. The van der Waals surface area contributed by atoms with Crippen LogP contribution < -0.4 is 15.4 Å². The lowest BCUT2D eigenvalue weighted by atomic mass is 9.97. The van der Waals surface area contributed by atoms with E-state index >= 15 is 0 Å². The number of aliphatic imine (C=N–C) groups is 1. The summed E-state index contributed by atoms with van der Waals surface area (Å²) in [5, 5.41) is 16.9. The van der Waals surface area contributed by atoms with Crippen LogP contribution in [0, 0.1) is 5.92 Å². The number of ether oxygens (including phenoxy) is 2. The number of nitrogens with one attached hydrogen (secondary N) is 2. The first-order chi connectivity index (χ1) is 14.5. The number of hydrogen-bond donors (Lipinski definition) is 3. The monoisotopic (exact) mass is 428 g/mol. The van der Waals surface area contributed by atoms with Gasteiger partial charge in [-0.15, -0.1) is 0 Å². The van der Waals surface area contributed by atoms with E-state index in [2.05, 4.69) is 25.3 Å². The van der Waals surface area contributed by atoms with Crippen LogP contribution in [-0.4, -0.2) is 75.6 Å². The average molecular weight is 429 g/mol. The Morgan fingerprint density at radius 3 is 2.53 bits per heavy atom. The Morgan fingerprint density at radius 2 is 1.93 bits per heavy atom. The molecule has 0 spiro atoms. The van der Waals surface area contributed by atoms with Crippen LogP contribution in [0.2, 0.25) is 0 Å². The highest BCUT2D eigenvalue weighted by molar-refractivity contribution is 5.79. The Morgan fingerprint density at radius 1 is 1.23 bits per heavy atom. The molecule has 1 atom stereocenters. The van der Waals surface area contributed by atoms with Gasteiger partial charge in [-0.25, -0.2) is 0 Å². The molecule has 7 nitrogen and oxygen atoms in total. The number of rotatable bonds is 11. The fraction of sp³-hybridized carbons (Fsp3) is 0.667. The van der Waals surface area contributed by atoms with Crippen LogP contribution in [0.25, 0.3) is 0 Å². The maximum atomic E-state index is 12.2. The second-order valence-corrected chi connectivity index (χ2v) is 7.34.